The van der Waals surface area contributed by atoms with Crippen LogP contribution in [0.3, 0.4) is 0 Å². The molecule has 1 nitrogen and oxygen atoms in total. The third kappa shape index (κ3) is 1.71. The van der Waals surface area contributed by atoms with E-state index < -0.39 is 0 Å². The highest BCUT2D eigenvalue weighted by Gasteiger charge is 2.47. The second-order valence-corrected chi connectivity index (χ2v) is 6.38. The van der Waals surface area contributed by atoms with E-state index in [1.165, 1.54) is 19.3 Å². The predicted molar refractivity (Wildman–Crippen MR) is 59.1 cm³/mol. The van der Waals surface area contributed by atoms with Crippen molar-refractivity contribution in [3.8, 4) is 0 Å². The van der Waals surface area contributed by atoms with Crippen LogP contribution in [0.15, 0.2) is 0 Å². The fourth-order valence-electron chi connectivity index (χ4n) is 3.72. The van der Waals surface area contributed by atoms with Gasteiger partial charge >= 0.3 is 0 Å². The summed E-state index contributed by atoms with van der Waals surface area (Å²) in [7, 11) is 0. The number of fused-ring (bicyclic) bond motifs is 2. The van der Waals surface area contributed by atoms with Gasteiger partial charge in [-0.3, -0.25) is 0 Å². The van der Waals surface area contributed by atoms with Crippen molar-refractivity contribution in [3.05, 3.63) is 0 Å². The summed E-state index contributed by atoms with van der Waals surface area (Å²) >= 11 is 0. The zero-order valence-electron chi connectivity index (χ0n) is 9.84. The van der Waals surface area contributed by atoms with Gasteiger partial charge in [-0.1, -0.05) is 33.6 Å². The zero-order valence-corrected chi connectivity index (χ0v) is 9.84. The molecule has 0 aromatic heterocycles. The average molecular weight is 196 g/mol. The Hall–Kier alpha value is -0.0400. The van der Waals surface area contributed by atoms with Crippen molar-refractivity contribution in [2.75, 3.05) is 0 Å². The molecule has 14 heavy (non-hydrogen) atoms. The maximum atomic E-state index is 10.5. The molecule has 2 rings (SSSR count). The molecule has 0 aromatic carbocycles. The molecule has 1 N–H and O–H groups in total. The van der Waals surface area contributed by atoms with Crippen molar-refractivity contribution in [3.63, 3.8) is 0 Å². The van der Waals surface area contributed by atoms with Gasteiger partial charge in [0.1, 0.15) is 0 Å². The monoisotopic (exact) mass is 196 g/mol. The number of rotatable bonds is 1. The van der Waals surface area contributed by atoms with Crippen LogP contribution >= 0.6 is 0 Å². The van der Waals surface area contributed by atoms with Crippen LogP contribution in [0.25, 0.3) is 0 Å². The molecular weight excluding hydrogens is 172 g/mol. The van der Waals surface area contributed by atoms with Crippen molar-refractivity contribution < 1.29 is 5.11 Å². The van der Waals surface area contributed by atoms with Crippen molar-refractivity contribution in [2.45, 2.75) is 64.9 Å². The number of hydrogen-bond acceptors (Lipinski definition) is 1. The molecule has 0 aromatic rings. The van der Waals surface area contributed by atoms with E-state index in [9.17, 15) is 5.11 Å². The van der Waals surface area contributed by atoms with Gasteiger partial charge in [0.25, 0.3) is 0 Å². The normalized spacial score (nSPS) is 48.2. The van der Waals surface area contributed by atoms with Gasteiger partial charge in [-0.15, -0.1) is 0 Å². The summed E-state index contributed by atoms with van der Waals surface area (Å²) in [6.45, 7) is 6.99. The molecular formula is C13H24O. The van der Waals surface area contributed by atoms with E-state index in [1.807, 2.05) is 0 Å². The van der Waals surface area contributed by atoms with E-state index >= 15 is 0 Å². The highest BCUT2D eigenvalue weighted by molar-refractivity contribution is 4.99. The van der Waals surface area contributed by atoms with Crippen molar-refractivity contribution in [1.82, 2.24) is 0 Å². The highest BCUT2D eigenvalue weighted by atomic mass is 16.3. The second-order valence-electron chi connectivity index (χ2n) is 6.38. The first-order valence-corrected chi connectivity index (χ1v) is 6.16. The number of aliphatic hydroxyl groups is 1. The lowest BCUT2D eigenvalue weighted by atomic mass is 9.56. The second kappa shape index (κ2) is 3.23. The minimum absolute atomic E-state index is 0.305. The molecule has 2 aliphatic rings. The molecule has 1 heteroatoms. The quantitative estimate of drug-likeness (QED) is 0.682. The predicted octanol–water partition coefficient (Wildman–Crippen LogP) is 3.36. The van der Waals surface area contributed by atoms with E-state index in [0.717, 1.165) is 25.2 Å². The summed E-state index contributed by atoms with van der Waals surface area (Å²) in [6, 6.07) is 0. The van der Waals surface area contributed by atoms with Crippen LogP contribution in [0, 0.1) is 17.3 Å². The van der Waals surface area contributed by atoms with Gasteiger partial charge in [0, 0.05) is 0 Å². The van der Waals surface area contributed by atoms with Crippen LogP contribution < -0.4 is 0 Å². The first kappa shape index (κ1) is 10.5. The van der Waals surface area contributed by atoms with Crippen LogP contribution in [0.2, 0.25) is 0 Å². The van der Waals surface area contributed by atoms with E-state index in [-0.39, 0.29) is 5.60 Å². The third-order valence-corrected chi connectivity index (χ3v) is 4.80. The van der Waals surface area contributed by atoms with Crippen molar-refractivity contribution in [1.29, 1.82) is 0 Å². The van der Waals surface area contributed by atoms with E-state index in [2.05, 4.69) is 20.8 Å². The third-order valence-electron chi connectivity index (χ3n) is 4.80. The smallest absolute Gasteiger partial charge is 0.0655 e. The lowest BCUT2D eigenvalue weighted by molar-refractivity contribution is -0.106. The van der Waals surface area contributed by atoms with Crippen LogP contribution in [-0.2, 0) is 0 Å². The fraction of sp³-hybridized carbons (Fsp3) is 1.00. The standard InChI is InChI=1S/C13H24O/c1-10(2)12(3)7-11-5-4-6-13(14,8-11)9-12/h10-11,14H,4-9H2,1-3H3. The molecule has 2 aliphatic carbocycles. The Labute approximate surface area is 87.9 Å². The first-order valence-electron chi connectivity index (χ1n) is 6.16. The molecule has 0 radical (unpaired) electrons. The van der Waals surface area contributed by atoms with E-state index in [1.54, 1.807) is 0 Å². The van der Waals surface area contributed by atoms with Gasteiger partial charge in [0.05, 0.1) is 5.60 Å². The summed E-state index contributed by atoms with van der Waals surface area (Å²) in [5.74, 6) is 1.50. The highest BCUT2D eigenvalue weighted by Crippen LogP contribution is 2.53. The average Bonchev–Trinajstić information content (AvgIpc) is 2.00. The molecule has 82 valence electrons. The van der Waals surface area contributed by atoms with Gasteiger partial charge < -0.3 is 5.11 Å². The van der Waals surface area contributed by atoms with Crippen LogP contribution in [0.4, 0.5) is 0 Å². The molecule has 0 saturated heterocycles. The summed E-state index contributed by atoms with van der Waals surface area (Å²) in [5, 5.41) is 10.5. The molecule has 0 aliphatic heterocycles. The topological polar surface area (TPSA) is 20.2 Å². The fourth-order valence-corrected chi connectivity index (χ4v) is 3.72. The Morgan fingerprint density at radius 1 is 1.29 bits per heavy atom. The molecule has 0 spiro atoms. The molecule has 3 atom stereocenters. The zero-order chi connectivity index (χ0) is 10.4. The van der Waals surface area contributed by atoms with Crippen molar-refractivity contribution in [2.24, 2.45) is 17.3 Å². The molecule has 2 bridgehead atoms. The molecule has 2 fully saturated rings. The van der Waals surface area contributed by atoms with Gasteiger partial charge in [-0.25, -0.2) is 0 Å². The molecule has 0 heterocycles. The first-order chi connectivity index (χ1) is 6.44. The maximum absolute atomic E-state index is 10.5. The Morgan fingerprint density at radius 3 is 2.57 bits per heavy atom. The van der Waals surface area contributed by atoms with Crippen molar-refractivity contribution >= 4 is 0 Å². The largest absolute Gasteiger partial charge is 0.390 e. The van der Waals surface area contributed by atoms with Gasteiger partial charge in [-0.2, -0.15) is 0 Å². The molecule has 0 amide bonds. The van der Waals surface area contributed by atoms with Crippen LogP contribution in [0.1, 0.15) is 59.3 Å². The van der Waals surface area contributed by atoms with Gasteiger partial charge in [0.15, 0.2) is 0 Å². The maximum Gasteiger partial charge on any atom is 0.0655 e. The minimum atomic E-state index is -0.305. The van der Waals surface area contributed by atoms with Gasteiger partial charge in [-0.05, 0) is 42.9 Å². The summed E-state index contributed by atoms with van der Waals surface area (Å²) in [5.41, 5.74) is 0.0816. The molecule has 2 saturated carbocycles. The van der Waals surface area contributed by atoms with Gasteiger partial charge in [0.2, 0.25) is 0 Å². The molecule has 3 unspecified atom stereocenters. The van der Waals surface area contributed by atoms with E-state index in [4.69, 9.17) is 0 Å². The summed E-state index contributed by atoms with van der Waals surface area (Å²) in [4.78, 5) is 0. The summed E-state index contributed by atoms with van der Waals surface area (Å²) in [6.07, 6.45) is 7.10. The number of hydrogen-bond donors (Lipinski definition) is 1. The Bertz CT molecular complexity index is 223. The Kier molecular flexibility index (Phi) is 2.42. The van der Waals surface area contributed by atoms with Crippen LogP contribution in [0.5, 0.6) is 0 Å². The Morgan fingerprint density at radius 2 is 2.00 bits per heavy atom. The van der Waals surface area contributed by atoms with Crippen LogP contribution in [-0.4, -0.2) is 10.7 Å². The lowest BCUT2D eigenvalue weighted by Gasteiger charge is -2.52. The lowest BCUT2D eigenvalue weighted by Crippen LogP contribution is -2.48. The minimum Gasteiger partial charge on any atom is -0.390 e. The van der Waals surface area contributed by atoms with E-state index in [0.29, 0.717) is 11.3 Å². The Balaban J connectivity index is 2.18. The summed E-state index contributed by atoms with van der Waals surface area (Å²) < 4.78 is 0. The SMILES string of the molecule is CC(C)C1(C)CC2CCCC(O)(C2)C1.